The summed E-state index contributed by atoms with van der Waals surface area (Å²) in [5.74, 6) is -0.742. The molecule has 1 aromatic heterocycles. The highest BCUT2D eigenvalue weighted by Gasteiger charge is 2.22. The van der Waals surface area contributed by atoms with E-state index in [4.69, 9.17) is 4.74 Å². The van der Waals surface area contributed by atoms with Crippen LogP contribution in [0.3, 0.4) is 0 Å². The van der Waals surface area contributed by atoms with Gasteiger partial charge in [0.2, 0.25) is 5.69 Å². The van der Waals surface area contributed by atoms with Crippen LogP contribution >= 0.6 is 0 Å². The number of carbonyl (C=O) groups is 1. The summed E-state index contributed by atoms with van der Waals surface area (Å²) in [7, 11) is 0. The number of esters is 1. The van der Waals surface area contributed by atoms with E-state index in [1.54, 1.807) is 0 Å². The van der Waals surface area contributed by atoms with Crippen molar-refractivity contribution < 1.29 is 14.5 Å². The van der Waals surface area contributed by atoms with Crippen molar-refractivity contribution in [3.05, 3.63) is 34.1 Å². The van der Waals surface area contributed by atoms with Crippen molar-refractivity contribution in [2.45, 2.75) is 26.2 Å². The van der Waals surface area contributed by atoms with Crippen molar-refractivity contribution >= 4 is 11.7 Å². The van der Waals surface area contributed by atoms with Crippen LogP contribution in [0.25, 0.3) is 0 Å². The van der Waals surface area contributed by atoms with Crippen LogP contribution in [0.1, 0.15) is 36.7 Å². The van der Waals surface area contributed by atoms with E-state index in [2.05, 4.69) is 4.98 Å². The molecule has 17 heavy (non-hydrogen) atoms. The molecule has 0 saturated carbocycles. The van der Waals surface area contributed by atoms with Crippen molar-refractivity contribution in [3.63, 3.8) is 0 Å². The lowest BCUT2D eigenvalue weighted by Crippen LogP contribution is -2.11. The highest BCUT2D eigenvalue weighted by atomic mass is 16.6. The molecular formula is C11H14N2O4. The van der Waals surface area contributed by atoms with Crippen LogP contribution in [-0.4, -0.2) is 22.5 Å². The third kappa shape index (κ3) is 3.82. The fourth-order valence-corrected chi connectivity index (χ4v) is 1.29. The van der Waals surface area contributed by atoms with E-state index in [9.17, 15) is 14.9 Å². The molecule has 0 unspecified atom stereocenters. The van der Waals surface area contributed by atoms with E-state index < -0.39 is 10.9 Å². The van der Waals surface area contributed by atoms with Gasteiger partial charge in [0.15, 0.2) is 0 Å². The van der Waals surface area contributed by atoms with E-state index in [1.165, 1.54) is 18.3 Å². The largest absolute Gasteiger partial charge is 0.461 e. The number of rotatable bonds is 6. The highest BCUT2D eigenvalue weighted by molar-refractivity contribution is 5.91. The number of carbonyl (C=O) groups excluding carboxylic acids is 1. The fourth-order valence-electron chi connectivity index (χ4n) is 1.29. The van der Waals surface area contributed by atoms with E-state index in [1.807, 2.05) is 6.92 Å². The zero-order valence-electron chi connectivity index (χ0n) is 9.59. The average Bonchev–Trinajstić information content (AvgIpc) is 2.34. The van der Waals surface area contributed by atoms with Gasteiger partial charge in [-0.3, -0.25) is 10.1 Å². The van der Waals surface area contributed by atoms with Crippen LogP contribution in [0.5, 0.6) is 0 Å². The molecule has 92 valence electrons. The Morgan fingerprint density at radius 2 is 2.29 bits per heavy atom. The Hall–Kier alpha value is -1.98. The summed E-state index contributed by atoms with van der Waals surface area (Å²) in [6, 6.07) is 2.64. The third-order valence-electron chi connectivity index (χ3n) is 2.16. The van der Waals surface area contributed by atoms with Gasteiger partial charge in [0, 0.05) is 12.3 Å². The molecule has 0 aliphatic heterocycles. The fraction of sp³-hybridized carbons (Fsp3) is 0.455. The molecule has 1 heterocycles. The molecule has 0 atom stereocenters. The molecule has 1 rings (SSSR count). The Morgan fingerprint density at radius 1 is 1.53 bits per heavy atom. The summed E-state index contributed by atoms with van der Waals surface area (Å²) in [6.45, 7) is 2.30. The number of hydrogen-bond acceptors (Lipinski definition) is 5. The molecular weight excluding hydrogens is 224 g/mol. The Morgan fingerprint density at radius 3 is 2.94 bits per heavy atom. The molecule has 0 aromatic carbocycles. The van der Waals surface area contributed by atoms with Gasteiger partial charge in [-0.1, -0.05) is 19.8 Å². The maximum absolute atomic E-state index is 11.5. The molecule has 0 spiro atoms. The number of ether oxygens (including phenoxy) is 1. The highest BCUT2D eigenvalue weighted by Crippen LogP contribution is 2.15. The first-order valence-electron chi connectivity index (χ1n) is 5.43. The van der Waals surface area contributed by atoms with Crippen molar-refractivity contribution in [2.24, 2.45) is 0 Å². The number of aromatic nitrogens is 1. The predicted octanol–water partition coefficient (Wildman–Crippen LogP) is 2.34. The zero-order chi connectivity index (χ0) is 12.7. The summed E-state index contributed by atoms with van der Waals surface area (Å²) in [6.07, 6.45) is 4.05. The van der Waals surface area contributed by atoms with Gasteiger partial charge in [-0.05, 0) is 12.5 Å². The third-order valence-corrected chi connectivity index (χ3v) is 2.16. The minimum Gasteiger partial charge on any atom is -0.461 e. The normalized spacial score (nSPS) is 9.94. The molecule has 6 nitrogen and oxygen atoms in total. The first kappa shape index (κ1) is 13.1. The van der Waals surface area contributed by atoms with Crippen molar-refractivity contribution in [2.75, 3.05) is 6.61 Å². The van der Waals surface area contributed by atoms with Gasteiger partial charge in [-0.15, -0.1) is 0 Å². The van der Waals surface area contributed by atoms with Crippen LogP contribution in [0.2, 0.25) is 0 Å². The van der Waals surface area contributed by atoms with Crippen LogP contribution < -0.4 is 0 Å². The van der Waals surface area contributed by atoms with E-state index >= 15 is 0 Å². The van der Waals surface area contributed by atoms with Gasteiger partial charge in [-0.25, -0.2) is 9.78 Å². The van der Waals surface area contributed by atoms with Gasteiger partial charge < -0.3 is 4.74 Å². The van der Waals surface area contributed by atoms with Crippen LogP contribution in [-0.2, 0) is 4.74 Å². The number of nitro groups is 1. The van der Waals surface area contributed by atoms with Gasteiger partial charge in [0.25, 0.3) is 0 Å². The minimum absolute atomic E-state index is 0.242. The quantitative estimate of drug-likeness (QED) is 0.329. The van der Waals surface area contributed by atoms with Crippen molar-refractivity contribution in [1.29, 1.82) is 0 Å². The van der Waals surface area contributed by atoms with Crippen LogP contribution in [0.4, 0.5) is 5.69 Å². The molecule has 0 N–H and O–H groups in total. The number of hydrogen-bond donors (Lipinski definition) is 0. The lowest BCUT2D eigenvalue weighted by molar-refractivity contribution is -0.385. The Balaban J connectivity index is 2.65. The summed E-state index contributed by atoms with van der Waals surface area (Å²) < 4.78 is 4.92. The van der Waals surface area contributed by atoms with Crippen molar-refractivity contribution in [3.8, 4) is 0 Å². The molecule has 1 aromatic rings. The predicted molar refractivity (Wildman–Crippen MR) is 60.7 cm³/mol. The molecule has 0 aliphatic rings. The lowest BCUT2D eigenvalue weighted by atomic mass is 10.2. The molecule has 0 radical (unpaired) electrons. The maximum Gasteiger partial charge on any atom is 0.364 e. The summed E-state index contributed by atoms with van der Waals surface area (Å²) >= 11 is 0. The lowest BCUT2D eigenvalue weighted by Gasteiger charge is -2.03. The molecule has 0 bridgehead atoms. The maximum atomic E-state index is 11.5. The van der Waals surface area contributed by atoms with Gasteiger partial charge in [0.05, 0.1) is 11.5 Å². The summed E-state index contributed by atoms with van der Waals surface area (Å²) in [5.41, 5.74) is -0.568. The van der Waals surface area contributed by atoms with Crippen LogP contribution in [0, 0.1) is 10.1 Å². The average molecular weight is 238 g/mol. The number of pyridine rings is 1. The first-order chi connectivity index (χ1) is 8.16. The zero-order valence-corrected chi connectivity index (χ0v) is 9.59. The second-order valence-corrected chi connectivity index (χ2v) is 3.47. The van der Waals surface area contributed by atoms with E-state index in [0.29, 0.717) is 0 Å². The van der Waals surface area contributed by atoms with E-state index in [-0.39, 0.29) is 18.0 Å². The van der Waals surface area contributed by atoms with Crippen molar-refractivity contribution in [1.82, 2.24) is 4.98 Å². The standard InChI is InChI=1S/C11H14N2O4/c1-2-3-4-8-17-11(14)10-9(13(15)16)6-5-7-12-10/h5-7H,2-4,8H2,1H3. The van der Waals surface area contributed by atoms with Gasteiger partial charge in [0.1, 0.15) is 0 Å². The Kier molecular flexibility index (Phi) is 5.06. The topological polar surface area (TPSA) is 82.3 Å². The Bertz CT molecular complexity index is 406. The minimum atomic E-state index is -0.742. The van der Waals surface area contributed by atoms with Gasteiger partial charge >= 0.3 is 11.7 Å². The molecule has 0 fully saturated rings. The SMILES string of the molecule is CCCCCOC(=O)c1ncccc1[N+](=O)[O-]. The monoisotopic (exact) mass is 238 g/mol. The summed E-state index contributed by atoms with van der Waals surface area (Å²) in [5, 5.41) is 10.7. The molecule has 6 heteroatoms. The second-order valence-electron chi connectivity index (χ2n) is 3.47. The first-order valence-corrected chi connectivity index (χ1v) is 5.43. The smallest absolute Gasteiger partial charge is 0.364 e. The molecule has 0 amide bonds. The second kappa shape index (κ2) is 6.57. The molecule has 0 aliphatic carbocycles. The van der Waals surface area contributed by atoms with E-state index in [0.717, 1.165) is 19.3 Å². The number of nitrogens with zero attached hydrogens (tertiary/aromatic N) is 2. The van der Waals surface area contributed by atoms with Crippen LogP contribution in [0.15, 0.2) is 18.3 Å². The Labute approximate surface area is 98.8 Å². The molecule has 0 saturated heterocycles. The number of unbranched alkanes of at least 4 members (excludes halogenated alkanes) is 2. The summed E-state index contributed by atoms with van der Waals surface area (Å²) in [4.78, 5) is 25.2. The van der Waals surface area contributed by atoms with Gasteiger partial charge in [-0.2, -0.15) is 0 Å².